The van der Waals surface area contributed by atoms with Crippen molar-refractivity contribution in [1.82, 2.24) is 29.4 Å². The molecule has 1 aromatic carbocycles. The van der Waals surface area contributed by atoms with Gasteiger partial charge < -0.3 is 15.0 Å². The number of aliphatic hydroxyl groups is 1. The minimum absolute atomic E-state index is 0.160. The molecule has 0 bridgehead atoms. The summed E-state index contributed by atoms with van der Waals surface area (Å²) in [6, 6.07) is 8.11. The Labute approximate surface area is 214 Å². The highest BCUT2D eigenvalue weighted by Crippen LogP contribution is 2.37. The van der Waals surface area contributed by atoms with Gasteiger partial charge in [0.25, 0.3) is 0 Å². The first kappa shape index (κ1) is 23.8. The van der Waals surface area contributed by atoms with E-state index in [4.69, 9.17) is 4.84 Å². The lowest BCUT2D eigenvalue weighted by Crippen LogP contribution is -2.20. The zero-order valence-corrected chi connectivity index (χ0v) is 21.3. The first-order valence-electron chi connectivity index (χ1n) is 12.8. The summed E-state index contributed by atoms with van der Waals surface area (Å²) in [5.41, 5.74) is 4.52. The summed E-state index contributed by atoms with van der Waals surface area (Å²) in [4.78, 5) is 27.6. The summed E-state index contributed by atoms with van der Waals surface area (Å²) in [6.45, 7) is 7.53. The van der Waals surface area contributed by atoms with Gasteiger partial charge in [-0.1, -0.05) is 0 Å². The number of nitrogens with zero attached hydrogens (tertiary/aromatic N) is 6. The highest BCUT2D eigenvalue weighted by Gasteiger charge is 2.32. The van der Waals surface area contributed by atoms with Gasteiger partial charge in [0.15, 0.2) is 11.6 Å². The molecule has 37 heavy (non-hydrogen) atoms. The fourth-order valence-electron chi connectivity index (χ4n) is 4.79. The molecule has 4 aromatic rings. The smallest absolute Gasteiger partial charge is 0.229 e. The Morgan fingerprint density at radius 2 is 2.08 bits per heavy atom. The van der Waals surface area contributed by atoms with E-state index in [0.717, 1.165) is 46.3 Å². The van der Waals surface area contributed by atoms with Crippen molar-refractivity contribution in [2.24, 2.45) is 5.92 Å². The van der Waals surface area contributed by atoms with E-state index in [0.29, 0.717) is 31.5 Å². The van der Waals surface area contributed by atoms with Gasteiger partial charge in [-0.3, -0.25) is 9.63 Å². The molecule has 1 saturated heterocycles. The topological polar surface area (TPSA) is 110 Å². The van der Waals surface area contributed by atoms with Crippen LogP contribution in [0.2, 0.25) is 0 Å². The van der Waals surface area contributed by atoms with Crippen LogP contribution < -0.4 is 5.32 Å². The maximum Gasteiger partial charge on any atom is 0.229 e. The molecular formula is C27H31N7O3. The lowest BCUT2D eigenvalue weighted by Gasteiger charge is -2.12. The maximum atomic E-state index is 13.0. The van der Waals surface area contributed by atoms with Crippen molar-refractivity contribution in [3.05, 3.63) is 59.7 Å². The molecule has 10 nitrogen and oxygen atoms in total. The van der Waals surface area contributed by atoms with Crippen LogP contribution in [0, 0.1) is 12.8 Å². The summed E-state index contributed by atoms with van der Waals surface area (Å²) in [5, 5.41) is 20.3. The van der Waals surface area contributed by atoms with Gasteiger partial charge in [-0.15, -0.1) is 0 Å². The zero-order chi connectivity index (χ0) is 25.7. The summed E-state index contributed by atoms with van der Waals surface area (Å²) >= 11 is 0. The Morgan fingerprint density at radius 3 is 2.81 bits per heavy atom. The SMILES string of the molecule is Cc1nn(-c2ccnc(Nc3ccc4c(c3)c(C(=O)C3CC3)cn4C(C)C)n2)cc1CN1CC(O)CO1. The molecule has 1 atom stereocenters. The molecule has 2 aliphatic rings. The van der Waals surface area contributed by atoms with Crippen molar-refractivity contribution in [3.63, 3.8) is 0 Å². The van der Waals surface area contributed by atoms with E-state index in [2.05, 4.69) is 38.8 Å². The van der Waals surface area contributed by atoms with Gasteiger partial charge >= 0.3 is 0 Å². The van der Waals surface area contributed by atoms with E-state index < -0.39 is 6.10 Å². The molecule has 6 rings (SSSR count). The number of β-amino-alcohol motifs (C(OH)–C–C–N with tert-alkyl or cyclic N) is 1. The fraction of sp³-hybridized carbons (Fsp3) is 0.407. The van der Waals surface area contributed by atoms with Crippen molar-refractivity contribution < 1.29 is 14.7 Å². The standard InChI is InChI=1S/C27H31N7O3/c1-16(2)33-14-23(26(36)18-4-5-18)22-10-20(6-7-24(22)33)29-27-28-9-8-25(30-27)34-12-19(17(3)31-34)11-32-13-21(35)15-37-32/h6-10,12,14,16,18,21,35H,4-5,11,13,15H2,1-3H3,(H,28,29,30). The summed E-state index contributed by atoms with van der Waals surface area (Å²) < 4.78 is 3.89. The number of nitrogens with one attached hydrogen (secondary N) is 1. The highest BCUT2D eigenvalue weighted by atomic mass is 16.7. The minimum atomic E-state index is -0.461. The van der Waals surface area contributed by atoms with Crippen LogP contribution >= 0.6 is 0 Å². The van der Waals surface area contributed by atoms with Crippen LogP contribution in [0.3, 0.4) is 0 Å². The first-order valence-corrected chi connectivity index (χ1v) is 12.8. The average molecular weight is 502 g/mol. The Kier molecular flexibility index (Phi) is 6.02. The van der Waals surface area contributed by atoms with E-state index in [-0.39, 0.29) is 17.7 Å². The number of ketones is 1. The third-order valence-electron chi connectivity index (χ3n) is 6.95. The number of aliphatic hydroxyl groups excluding tert-OH is 1. The maximum absolute atomic E-state index is 13.0. The molecule has 1 unspecified atom stereocenters. The van der Waals surface area contributed by atoms with Crippen molar-refractivity contribution in [2.75, 3.05) is 18.5 Å². The van der Waals surface area contributed by atoms with Crippen LogP contribution in [-0.2, 0) is 11.4 Å². The second-order valence-corrected chi connectivity index (χ2v) is 10.2. The molecule has 0 spiro atoms. The molecule has 10 heteroatoms. The zero-order valence-electron chi connectivity index (χ0n) is 21.3. The largest absolute Gasteiger partial charge is 0.389 e. The van der Waals surface area contributed by atoms with Gasteiger partial charge in [-0.2, -0.15) is 15.1 Å². The first-order chi connectivity index (χ1) is 17.9. The molecule has 2 fully saturated rings. The lowest BCUT2D eigenvalue weighted by atomic mass is 10.1. The molecule has 3 aromatic heterocycles. The van der Waals surface area contributed by atoms with E-state index in [1.165, 1.54) is 0 Å². The summed E-state index contributed by atoms with van der Waals surface area (Å²) in [6.07, 6.45) is 7.11. The molecule has 192 valence electrons. The second kappa shape index (κ2) is 9.37. The number of hydroxylamine groups is 2. The number of hydrogen-bond acceptors (Lipinski definition) is 8. The molecule has 2 N–H and O–H groups in total. The predicted octanol–water partition coefficient (Wildman–Crippen LogP) is 3.95. The van der Waals surface area contributed by atoms with Gasteiger partial charge in [-0.05, 0) is 51.8 Å². The molecule has 1 aliphatic carbocycles. The number of Topliss-reactive ketones (excluding diaryl/α,β-unsaturated/α-hetero) is 1. The molecule has 1 saturated carbocycles. The number of benzene rings is 1. The number of carbonyl (C=O) groups is 1. The molecule has 0 amide bonds. The van der Waals surface area contributed by atoms with E-state index in [9.17, 15) is 9.90 Å². The number of aromatic nitrogens is 5. The normalized spacial score (nSPS) is 18.2. The van der Waals surface area contributed by atoms with Crippen LogP contribution in [0.25, 0.3) is 16.7 Å². The third kappa shape index (κ3) is 4.75. The fourth-order valence-corrected chi connectivity index (χ4v) is 4.79. The quantitative estimate of drug-likeness (QED) is 0.349. The van der Waals surface area contributed by atoms with E-state index >= 15 is 0 Å². The van der Waals surface area contributed by atoms with Gasteiger partial charge in [0, 0.05) is 64.3 Å². The number of anilines is 2. The van der Waals surface area contributed by atoms with Crippen molar-refractivity contribution in [2.45, 2.75) is 52.3 Å². The molecule has 4 heterocycles. The number of hydrogen-bond donors (Lipinski definition) is 2. The number of carbonyl (C=O) groups excluding carboxylic acids is 1. The Hall–Kier alpha value is -3.60. The summed E-state index contributed by atoms with van der Waals surface area (Å²) in [5.74, 6) is 1.47. The van der Waals surface area contributed by atoms with Crippen molar-refractivity contribution in [1.29, 1.82) is 0 Å². The van der Waals surface area contributed by atoms with Crippen LogP contribution in [0.15, 0.2) is 42.9 Å². The average Bonchev–Trinajstić information content (AvgIpc) is 3.40. The number of fused-ring (bicyclic) bond motifs is 1. The third-order valence-corrected chi connectivity index (χ3v) is 6.95. The second-order valence-electron chi connectivity index (χ2n) is 10.2. The lowest BCUT2D eigenvalue weighted by molar-refractivity contribution is -0.118. The van der Waals surface area contributed by atoms with Crippen LogP contribution in [0.5, 0.6) is 0 Å². The molecule has 1 aliphatic heterocycles. The van der Waals surface area contributed by atoms with Crippen molar-refractivity contribution >= 4 is 28.3 Å². The van der Waals surface area contributed by atoms with Gasteiger partial charge in [0.1, 0.15) is 0 Å². The predicted molar refractivity (Wildman–Crippen MR) is 139 cm³/mol. The van der Waals surface area contributed by atoms with Gasteiger partial charge in [0.2, 0.25) is 5.95 Å². The molecule has 0 radical (unpaired) electrons. The van der Waals surface area contributed by atoms with E-state index in [1.54, 1.807) is 22.0 Å². The Balaban J connectivity index is 1.26. The highest BCUT2D eigenvalue weighted by molar-refractivity contribution is 6.10. The Bertz CT molecular complexity index is 1470. The molecular weight excluding hydrogens is 470 g/mol. The monoisotopic (exact) mass is 501 g/mol. The van der Waals surface area contributed by atoms with Gasteiger partial charge in [0.05, 0.1) is 31.5 Å². The van der Waals surface area contributed by atoms with Gasteiger partial charge in [-0.25, -0.2) is 9.67 Å². The van der Waals surface area contributed by atoms with Crippen LogP contribution in [-0.4, -0.2) is 59.5 Å². The van der Waals surface area contributed by atoms with Crippen LogP contribution in [0.4, 0.5) is 11.6 Å². The van der Waals surface area contributed by atoms with Crippen LogP contribution in [0.1, 0.15) is 54.3 Å². The van der Waals surface area contributed by atoms with E-state index in [1.807, 2.05) is 37.5 Å². The minimum Gasteiger partial charge on any atom is -0.389 e. The number of aryl methyl sites for hydroxylation is 1. The summed E-state index contributed by atoms with van der Waals surface area (Å²) in [7, 11) is 0. The van der Waals surface area contributed by atoms with Crippen molar-refractivity contribution in [3.8, 4) is 5.82 Å². The Morgan fingerprint density at radius 1 is 1.24 bits per heavy atom. The number of rotatable bonds is 8.